The Morgan fingerprint density at radius 1 is 1.27 bits per heavy atom. The zero-order valence-corrected chi connectivity index (χ0v) is 10.5. The molecule has 0 aromatic heterocycles. The summed E-state index contributed by atoms with van der Waals surface area (Å²) in [5, 5.41) is 0. The molecule has 0 aliphatic rings. The van der Waals surface area contributed by atoms with E-state index in [-0.39, 0.29) is 11.6 Å². The zero-order chi connectivity index (χ0) is 11.5. The van der Waals surface area contributed by atoms with Gasteiger partial charge >= 0.3 is 0 Å². The normalized spacial score (nSPS) is 13.9. The number of hydrogen-bond donors (Lipinski definition) is 2. The van der Waals surface area contributed by atoms with Gasteiger partial charge in [-0.2, -0.15) is 0 Å². The summed E-state index contributed by atoms with van der Waals surface area (Å²) in [5.74, 6) is 1.09. The van der Waals surface area contributed by atoms with Gasteiger partial charge in [-0.25, -0.2) is 0 Å². The van der Waals surface area contributed by atoms with Crippen molar-refractivity contribution < 1.29 is 0 Å². The fourth-order valence-electron chi connectivity index (χ4n) is 1.37. The van der Waals surface area contributed by atoms with E-state index in [4.69, 9.17) is 11.5 Å². The number of nitrogens with two attached hydrogens (primary N) is 2. The van der Waals surface area contributed by atoms with Crippen LogP contribution in [0.15, 0.2) is 29.2 Å². The average molecular weight is 224 g/mol. The van der Waals surface area contributed by atoms with Crippen LogP contribution >= 0.6 is 11.8 Å². The van der Waals surface area contributed by atoms with Gasteiger partial charge in [-0.3, -0.25) is 0 Å². The van der Waals surface area contributed by atoms with E-state index in [1.54, 1.807) is 0 Å². The summed E-state index contributed by atoms with van der Waals surface area (Å²) >= 11 is 1.83. The summed E-state index contributed by atoms with van der Waals surface area (Å²) in [6, 6.07) is 8.23. The Hall–Kier alpha value is -0.510. The molecule has 0 spiro atoms. The van der Waals surface area contributed by atoms with E-state index in [1.807, 2.05) is 25.6 Å². The molecule has 1 rings (SSSR count). The molecule has 0 saturated carbocycles. The van der Waals surface area contributed by atoms with Crippen LogP contribution < -0.4 is 11.5 Å². The summed E-state index contributed by atoms with van der Waals surface area (Å²) < 4.78 is 0. The molecule has 1 unspecified atom stereocenters. The Labute approximate surface area is 96.4 Å². The van der Waals surface area contributed by atoms with Gasteiger partial charge in [-0.05, 0) is 37.3 Å². The third-order valence-corrected chi connectivity index (χ3v) is 3.25. The Balaban J connectivity index is 2.80. The van der Waals surface area contributed by atoms with Gasteiger partial charge in [0, 0.05) is 16.5 Å². The van der Waals surface area contributed by atoms with Gasteiger partial charge in [0.25, 0.3) is 0 Å². The molecule has 0 saturated heterocycles. The highest BCUT2D eigenvalue weighted by Crippen LogP contribution is 2.24. The monoisotopic (exact) mass is 224 g/mol. The first-order chi connectivity index (χ1) is 6.95. The Bertz CT molecular complexity index is 300. The van der Waals surface area contributed by atoms with E-state index in [0.29, 0.717) is 0 Å². The van der Waals surface area contributed by atoms with Gasteiger partial charge in [0.2, 0.25) is 0 Å². The van der Waals surface area contributed by atoms with Gasteiger partial charge in [0.1, 0.15) is 0 Å². The highest BCUT2D eigenvalue weighted by molar-refractivity contribution is 7.99. The maximum absolute atomic E-state index is 6.06. The minimum absolute atomic E-state index is 0.113. The van der Waals surface area contributed by atoms with Crippen molar-refractivity contribution in [1.29, 1.82) is 0 Å². The standard InChI is InChI=1S/C12H20N2S/c1-4-15-10-7-5-9(6-8-10)11(13)12(2,3)14/h5-8,11H,4,13-14H2,1-3H3. The third kappa shape index (κ3) is 3.52. The van der Waals surface area contributed by atoms with Crippen LogP contribution in [0.25, 0.3) is 0 Å². The molecule has 4 N–H and O–H groups in total. The van der Waals surface area contributed by atoms with E-state index in [1.165, 1.54) is 4.90 Å². The van der Waals surface area contributed by atoms with E-state index >= 15 is 0 Å². The van der Waals surface area contributed by atoms with Crippen molar-refractivity contribution in [2.24, 2.45) is 11.5 Å². The topological polar surface area (TPSA) is 52.0 Å². The number of thioether (sulfide) groups is 1. The molecule has 1 aromatic carbocycles. The van der Waals surface area contributed by atoms with Gasteiger partial charge in [-0.15, -0.1) is 11.8 Å². The number of hydrogen-bond acceptors (Lipinski definition) is 3. The van der Waals surface area contributed by atoms with Crippen LogP contribution in [-0.2, 0) is 0 Å². The minimum Gasteiger partial charge on any atom is -0.324 e. The molecule has 0 fully saturated rings. The molecule has 1 aromatic rings. The van der Waals surface area contributed by atoms with Crippen molar-refractivity contribution in [2.45, 2.75) is 37.2 Å². The Morgan fingerprint density at radius 3 is 2.20 bits per heavy atom. The maximum Gasteiger partial charge on any atom is 0.0472 e. The lowest BCUT2D eigenvalue weighted by Gasteiger charge is -2.27. The van der Waals surface area contributed by atoms with Gasteiger partial charge in [-0.1, -0.05) is 19.1 Å². The summed E-state index contributed by atoms with van der Waals surface area (Å²) in [5.41, 5.74) is 12.8. The quantitative estimate of drug-likeness (QED) is 0.773. The summed E-state index contributed by atoms with van der Waals surface area (Å²) in [6.07, 6.45) is 0. The number of rotatable bonds is 4. The molecular weight excluding hydrogens is 204 g/mol. The first-order valence-electron chi connectivity index (χ1n) is 5.22. The molecule has 1 atom stereocenters. The molecule has 2 nitrogen and oxygen atoms in total. The second kappa shape index (κ2) is 5.01. The molecule has 0 heterocycles. The van der Waals surface area contributed by atoms with Crippen LogP contribution in [0.5, 0.6) is 0 Å². The van der Waals surface area contributed by atoms with Crippen molar-refractivity contribution >= 4 is 11.8 Å². The lowest BCUT2D eigenvalue weighted by atomic mass is 9.91. The Morgan fingerprint density at radius 2 is 1.80 bits per heavy atom. The van der Waals surface area contributed by atoms with Crippen LogP contribution in [0.1, 0.15) is 32.4 Å². The maximum atomic E-state index is 6.06. The molecule has 15 heavy (non-hydrogen) atoms. The molecule has 84 valence electrons. The fraction of sp³-hybridized carbons (Fsp3) is 0.500. The number of benzene rings is 1. The van der Waals surface area contributed by atoms with Gasteiger partial charge < -0.3 is 11.5 Å². The molecule has 3 heteroatoms. The van der Waals surface area contributed by atoms with Crippen LogP contribution in [0.2, 0.25) is 0 Å². The lowest BCUT2D eigenvalue weighted by molar-refractivity contribution is 0.420. The molecule has 0 aliphatic heterocycles. The minimum atomic E-state index is -0.376. The van der Waals surface area contributed by atoms with Gasteiger partial charge in [0.15, 0.2) is 0 Å². The first-order valence-corrected chi connectivity index (χ1v) is 6.21. The third-order valence-electron chi connectivity index (χ3n) is 2.35. The Kier molecular flexibility index (Phi) is 4.20. The molecule has 0 aliphatic carbocycles. The SMILES string of the molecule is CCSc1ccc(C(N)C(C)(C)N)cc1. The summed E-state index contributed by atoms with van der Waals surface area (Å²) in [6.45, 7) is 6.05. The van der Waals surface area contributed by atoms with Crippen LogP contribution in [0.3, 0.4) is 0 Å². The molecule has 0 radical (unpaired) electrons. The van der Waals surface area contributed by atoms with Crippen LogP contribution in [0, 0.1) is 0 Å². The summed E-state index contributed by atoms with van der Waals surface area (Å²) in [4.78, 5) is 1.28. The van der Waals surface area contributed by atoms with Crippen molar-refractivity contribution in [3.63, 3.8) is 0 Å². The highest BCUT2D eigenvalue weighted by Gasteiger charge is 2.22. The van der Waals surface area contributed by atoms with Crippen molar-refractivity contribution in [1.82, 2.24) is 0 Å². The predicted octanol–water partition coefficient (Wildman–Crippen LogP) is 2.54. The van der Waals surface area contributed by atoms with E-state index in [2.05, 4.69) is 31.2 Å². The van der Waals surface area contributed by atoms with Crippen molar-refractivity contribution in [2.75, 3.05) is 5.75 Å². The molecule has 0 amide bonds. The molecular formula is C12H20N2S. The van der Waals surface area contributed by atoms with E-state index in [9.17, 15) is 0 Å². The van der Waals surface area contributed by atoms with E-state index < -0.39 is 0 Å². The predicted molar refractivity (Wildman–Crippen MR) is 68.0 cm³/mol. The smallest absolute Gasteiger partial charge is 0.0472 e. The van der Waals surface area contributed by atoms with Crippen molar-refractivity contribution in [3.8, 4) is 0 Å². The second-order valence-corrected chi connectivity index (χ2v) is 5.64. The second-order valence-electron chi connectivity index (χ2n) is 4.30. The summed E-state index contributed by atoms with van der Waals surface area (Å²) in [7, 11) is 0. The van der Waals surface area contributed by atoms with Crippen LogP contribution in [-0.4, -0.2) is 11.3 Å². The largest absolute Gasteiger partial charge is 0.324 e. The average Bonchev–Trinajstić information content (AvgIpc) is 2.17. The van der Waals surface area contributed by atoms with Crippen LogP contribution in [0.4, 0.5) is 0 Å². The lowest BCUT2D eigenvalue weighted by Crippen LogP contribution is -2.43. The molecule has 0 bridgehead atoms. The van der Waals surface area contributed by atoms with E-state index in [0.717, 1.165) is 11.3 Å². The first kappa shape index (κ1) is 12.6. The fourth-order valence-corrected chi connectivity index (χ4v) is 2.03. The zero-order valence-electron chi connectivity index (χ0n) is 9.66. The van der Waals surface area contributed by atoms with Crippen molar-refractivity contribution in [3.05, 3.63) is 29.8 Å². The van der Waals surface area contributed by atoms with Gasteiger partial charge in [0.05, 0.1) is 0 Å². The highest BCUT2D eigenvalue weighted by atomic mass is 32.2.